The van der Waals surface area contributed by atoms with Crippen molar-refractivity contribution in [2.75, 3.05) is 22.1 Å². The number of hydrogen-bond donors (Lipinski definition) is 5. The van der Waals surface area contributed by atoms with Crippen LogP contribution in [-0.4, -0.2) is 44.0 Å². The molecule has 6 N–H and O–H groups in total. The Labute approximate surface area is 272 Å². The Kier molecular flexibility index (Phi) is 12.2. The monoisotopic (exact) mass is 644 g/mol. The van der Waals surface area contributed by atoms with Crippen molar-refractivity contribution in [1.82, 2.24) is 15.2 Å². The van der Waals surface area contributed by atoms with E-state index in [0.29, 0.717) is 42.1 Å². The summed E-state index contributed by atoms with van der Waals surface area (Å²) in [5.74, 6) is 0.527. The normalized spacial score (nSPS) is 17.8. The third-order valence-corrected chi connectivity index (χ3v) is 8.66. The number of amides is 2. The lowest BCUT2D eigenvalue weighted by molar-refractivity contribution is -0.245. The summed E-state index contributed by atoms with van der Waals surface area (Å²) in [6.45, 7) is -0.0172. The largest absolute Gasteiger partial charge is 0.397 e. The predicted octanol–water partition coefficient (Wildman–Crippen LogP) is 6.13. The number of nitrogens with zero attached hydrogens (tertiary/aromatic N) is 2. The van der Waals surface area contributed by atoms with Crippen LogP contribution in [0.25, 0.3) is 0 Å². The number of unbranched alkanes of at least 4 members (excludes halogenated alkanes) is 3. The summed E-state index contributed by atoms with van der Waals surface area (Å²) >= 11 is 1.54. The lowest BCUT2D eigenvalue weighted by atomic mass is 10.0. The van der Waals surface area contributed by atoms with Crippen molar-refractivity contribution >= 4 is 40.6 Å². The van der Waals surface area contributed by atoms with Gasteiger partial charge in [-0.2, -0.15) is 5.10 Å². The number of carbonyl (C=O) groups excluding carboxylic acids is 2. The molecule has 0 radical (unpaired) electrons. The van der Waals surface area contributed by atoms with Gasteiger partial charge in [-0.25, -0.2) is 4.98 Å². The second-order valence-electron chi connectivity index (χ2n) is 11.2. The number of para-hydroxylation sites is 2. The second kappa shape index (κ2) is 16.9. The Morgan fingerprint density at radius 2 is 1.67 bits per heavy atom. The first kappa shape index (κ1) is 33.1. The van der Waals surface area contributed by atoms with E-state index in [1.54, 1.807) is 12.1 Å². The highest BCUT2D eigenvalue weighted by Crippen LogP contribution is 2.39. The van der Waals surface area contributed by atoms with Gasteiger partial charge in [-0.05, 0) is 48.2 Å². The molecule has 2 heterocycles. The molecule has 3 aromatic carbocycles. The van der Waals surface area contributed by atoms with Gasteiger partial charge in [-0.1, -0.05) is 73.1 Å². The summed E-state index contributed by atoms with van der Waals surface area (Å²) in [4.78, 5) is 29.1. The molecule has 242 valence electrons. The van der Waals surface area contributed by atoms with Gasteiger partial charge in [0.15, 0.2) is 11.4 Å². The molecule has 0 aliphatic carbocycles. The van der Waals surface area contributed by atoms with Gasteiger partial charge in [-0.3, -0.25) is 14.7 Å². The van der Waals surface area contributed by atoms with Gasteiger partial charge in [0.2, 0.25) is 11.8 Å². The number of thioether (sulfide) groups is 1. The minimum Gasteiger partial charge on any atom is -0.397 e. The highest BCUT2D eigenvalue weighted by atomic mass is 32.2. The van der Waals surface area contributed by atoms with Gasteiger partial charge in [0.25, 0.3) is 0 Å². The Hall–Kier alpha value is -4.23. The lowest BCUT2D eigenvalue weighted by Gasteiger charge is -2.36. The van der Waals surface area contributed by atoms with Crippen molar-refractivity contribution in [2.24, 2.45) is 0 Å². The first-order valence-electron chi connectivity index (χ1n) is 15.5. The number of rotatable bonds is 15. The van der Waals surface area contributed by atoms with Gasteiger partial charge >= 0.3 is 0 Å². The number of nitrogens with two attached hydrogens (primary N) is 1. The van der Waals surface area contributed by atoms with Crippen molar-refractivity contribution in [3.63, 3.8) is 0 Å². The van der Waals surface area contributed by atoms with E-state index in [9.17, 15) is 14.7 Å². The van der Waals surface area contributed by atoms with E-state index < -0.39 is 6.29 Å². The molecule has 1 aliphatic heterocycles. The average Bonchev–Trinajstić information content (AvgIpc) is 3.60. The summed E-state index contributed by atoms with van der Waals surface area (Å²) in [5, 5.41) is 22.8. The third kappa shape index (κ3) is 9.88. The molecule has 2 amide bonds. The van der Waals surface area contributed by atoms with Crippen molar-refractivity contribution in [3.8, 4) is 0 Å². The Morgan fingerprint density at radius 3 is 2.39 bits per heavy atom. The summed E-state index contributed by atoms with van der Waals surface area (Å²) in [6.07, 6.45) is 5.14. The van der Waals surface area contributed by atoms with Gasteiger partial charge < -0.3 is 30.9 Å². The quantitative estimate of drug-likeness (QED) is 0.0581. The van der Waals surface area contributed by atoms with Crippen LogP contribution >= 0.6 is 11.8 Å². The zero-order valence-corrected chi connectivity index (χ0v) is 26.4. The van der Waals surface area contributed by atoms with E-state index in [1.807, 2.05) is 60.7 Å². The number of ether oxygens (including phenoxy) is 2. The molecular formula is C34H40N6O5S. The van der Waals surface area contributed by atoms with Crippen molar-refractivity contribution in [2.45, 2.75) is 75.2 Å². The molecule has 1 aromatic heterocycles. The Balaban J connectivity index is 1.10. The molecule has 0 saturated carbocycles. The molecule has 3 atom stereocenters. The maximum Gasteiger partial charge on any atom is 0.224 e. The maximum atomic E-state index is 12.7. The summed E-state index contributed by atoms with van der Waals surface area (Å²) in [5.41, 5.74) is 10.4. The van der Waals surface area contributed by atoms with E-state index >= 15 is 0 Å². The molecule has 46 heavy (non-hydrogen) atoms. The molecule has 1 aliphatic rings. The van der Waals surface area contributed by atoms with Crippen LogP contribution in [0.3, 0.4) is 0 Å². The van der Waals surface area contributed by atoms with Crippen LogP contribution in [0.1, 0.15) is 74.0 Å². The number of benzene rings is 3. The fourth-order valence-electron chi connectivity index (χ4n) is 5.19. The molecule has 5 rings (SSSR count). The number of aliphatic hydroxyl groups is 1. The second-order valence-corrected chi connectivity index (χ2v) is 12.2. The number of aliphatic hydroxyl groups excluding tert-OH is 1. The summed E-state index contributed by atoms with van der Waals surface area (Å²) in [6, 6.07) is 22.5. The first-order chi connectivity index (χ1) is 22.5. The molecule has 11 nitrogen and oxygen atoms in total. The van der Waals surface area contributed by atoms with E-state index in [-0.39, 0.29) is 30.6 Å². The van der Waals surface area contributed by atoms with Crippen molar-refractivity contribution in [1.29, 1.82) is 0 Å². The van der Waals surface area contributed by atoms with E-state index in [2.05, 4.69) is 25.8 Å². The molecule has 12 heteroatoms. The van der Waals surface area contributed by atoms with Crippen LogP contribution in [0.15, 0.2) is 84.3 Å². The van der Waals surface area contributed by atoms with Crippen LogP contribution in [0.5, 0.6) is 0 Å². The fraction of sp³-hybridized carbons (Fsp3) is 0.353. The van der Waals surface area contributed by atoms with Crippen molar-refractivity contribution < 1.29 is 24.2 Å². The minimum absolute atomic E-state index is 0.0172. The minimum atomic E-state index is -0.635. The van der Waals surface area contributed by atoms with Crippen LogP contribution in [-0.2, 0) is 25.7 Å². The van der Waals surface area contributed by atoms with Crippen LogP contribution in [0.4, 0.5) is 17.1 Å². The van der Waals surface area contributed by atoms with Gasteiger partial charge in [0.05, 0.1) is 30.2 Å². The Morgan fingerprint density at radius 1 is 0.913 bits per heavy atom. The molecular weight excluding hydrogens is 604 g/mol. The van der Waals surface area contributed by atoms with Crippen LogP contribution in [0, 0.1) is 0 Å². The lowest BCUT2D eigenvalue weighted by Crippen LogP contribution is -2.31. The third-order valence-electron chi connectivity index (χ3n) is 7.65. The highest BCUT2D eigenvalue weighted by Gasteiger charge is 2.32. The zero-order valence-electron chi connectivity index (χ0n) is 25.6. The standard InChI is InChI=1S/C34H40N6O5S/c35-28-10-5-6-11-29(28)39-32(43)13-4-2-1-3-12-31(42)38-26-9-7-8-25(18-26)33-44-27(21-46-34-36-22-37-40-34)19-30(45-33)24-16-14-23(20-41)15-17-24/h5-11,14-18,22,27,30,33,41H,1-4,12-13,19-21,35H2,(H,38,42)(H,39,43)(H,36,37,40). The summed E-state index contributed by atoms with van der Waals surface area (Å²) in [7, 11) is 0. The maximum absolute atomic E-state index is 12.7. The molecule has 0 bridgehead atoms. The van der Waals surface area contributed by atoms with Gasteiger partial charge in [0.1, 0.15) is 6.33 Å². The number of nitrogens with one attached hydrogen (secondary N) is 3. The van der Waals surface area contributed by atoms with Gasteiger partial charge in [-0.15, -0.1) is 0 Å². The average molecular weight is 645 g/mol. The molecule has 1 fully saturated rings. The van der Waals surface area contributed by atoms with Crippen LogP contribution in [0.2, 0.25) is 0 Å². The highest BCUT2D eigenvalue weighted by molar-refractivity contribution is 7.99. The van der Waals surface area contributed by atoms with Crippen LogP contribution < -0.4 is 16.4 Å². The number of nitrogen functional groups attached to an aromatic ring is 1. The smallest absolute Gasteiger partial charge is 0.224 e. The topological polar surface area (TPSA) is 164 Å². The number of anilines is 3. The fourth-order valence-corrected chi connectivity index (χ4v) is 5.99. The molecule has 0 spiro atoms. The number of H-pyrrole nitrogens is 1. The molecule has 3 unspecified atom stereocenters. The molecule has 1 saturated heterocycles. The van der Waals surface area contributed by atoms with E-state index in [0.717, 1.165) is 47.5 Å². The van der Waals surface area contributed by atoms with E-state index in [4.69, 9.17) is 15.2 Å². The van der Waals surface area contributed by atoms with Crippen molar-refractivity contribution in [3.05, 3.63) is 95.8 Å². The zero-order chi connectivity index (χ0) is 32.1. The first-order valence-corrected chi connectivity index (χ1v) is 16.5. The molecule has 4 aromatic rings. The number of carbonyl (C=O) groups is 2. The predicted molar refractivity (Wildman–Crippen MR) is 178 cm³/mol. The SMILES string of the molecule is Nc1ccccc1NC(=O)CCCCCCC(=O)Nc1cccc(C2OC(CSc3ncn[nH]3)CC(c3ccc(CO)cc3)O2)c1. The van der Waals surface area contributed by atoms with E-state index in [1.165, 1.54) is 18.1 Å². The summed E-state index contributed by atoms with van der Waals surface area (Å²) < 4.78 is 12.8. The van der Waals surface area contributed by atoms with Gasteiger partial charge in [0, 0.05) is 36.3 Å². The Bertz CT molecular complexity index is 1550. The number of hydrogen-bond acceptors (Lipinski definition) is 9. The number of aromatic nitrogens is 3. The number of aromatic amines is 1.